The number of carbonyl (C=O) groups is 1. The third kappa shape index (κ3) is 4.30. The number of benzene rings is 1. The third-order valence-electron chi connectivity index (χ3n) is 5.74. The average molecular weight is 463 g/mol. The van der Waals surface area contributed by atoms with Crippen LogP contribution in [0.1, 0.15) is 45.1 Å². The molecule has 10 heteroatoms. The van der Waals surface area contributed by atoms with E-state index < -0.39 is 11.4 Å². The summed E-state index contributed by atoms with van der Waals surface area (Å²) in [5, 5.41) is 15.4. The molecule has 0 unspecified atom stereocenters. The molecule has 0 atom stereocenters. The fourth-order valence-electron chi connectivity index (χ4n) is 3.67. The summed E-state index contributed by atoms with van der Waals surface area (Å²) in [6.45, 7) is 10.5. The SMILES string of the molecule is Cc1nc(-c2cn3c(n2)-c2ccc(/C(C=N)=C/NC(C)(C)C(N)=O)cc2OCC3)n(C(C)C)n1. The first-order valence-corrected chi connectivity index (χ1v) is 11.2. The van der Waals surface area contributed by atoms with Crippen LogP contribution < -0.4 is 15.8 Å². The fourth-order valence-corrected chi connectivity index (χ4v) is 3.67. The topological polar surface area (TPSA) is 137 Å². The molecule has 3 aromatic rings. The summed E-state index contributed by atoms with van der Waals surface area (Å²) < 4.78 is 9.99. The second-order valence-electron chi connectivity index (χ2n) is 9.10. The van der Waals surface area contributed by atoms with Crippen LogP contribution in [0.2, 0.25) is 0 Å². The second-order valence-corrected chi connectivity index (χ2v) is 9.10. The number of ether oxygens (including phenoxy) is 1. The highest BCUT2D eigenvalue weighted by atomic mass is 16.5. The van der Waals surface area contributed by atoms with Gasteiger partial charge in [-0.15, -0.1) is 0 Å². The smallest absolute Gasteiger partial charge is 0.242 e. The van der Waals surface area contributed by atoms with E-state index in [1.165, 1.54) is 6.21 Å². The Morgan fingerprint density at radius 1 is 1.29 bits per heavy atom. The Hall–Kier alpha value is -3.95. The Bertz CT molecular complexity index is 1280. The number of nitrogens with zero attached hydrogens (tertiary/aromatic N) is 5. The van der Waals surface area contributed by atoms with Crippen molar-refractivity contribution in [2.75, 3.05) is 6.61 Å². The van der Waals surface area contributed by atoms with Crippen molar-refractivity contribution < 1.29 is 9.53 Å². The lowest BCUT2D eigenvalue weighted by molar-refractivity contribution is -0.122. The molecule has 0 aliphatic carbocycles. The molecule has 4 N–H and O–H groups in total. The Labute approximate surface area is 198 Å². The molecule has 1 amide bonds. The number of aromatic nitrogens is 5. The second kappa shape index (κ2) is 8.77. The molecule has 3 heterocycles. The summed E-state index contributed by atoms with van der Waals surface area (Å²) in [6.07, 6.45) is 4.84. The Balaban J connectivity index is 1.72. The Morgan fingerprint density at radius 2 is 2.06 bits per heavy atom. The van der Waals surface area contributed by atoms with Gasteiger partial charge in [-0.2, -0.15) is 5.10 Å². The number of nitrogens with two attached hydrogens (primary N) is 1. The quantitative estimate of drug-likeness (QED) is 0.462. The van der Waals surface area contributed by atoms with Crippen molar-refractivity contribution in [1.29, 1.82) is 5.41 Å². The molecule has 34 heavy (non-hydrogen) atoms. The molecule has 0 spiro atoms. The highest BCUT2D eigenvalue weighted by molar-refractivity contribution is 6.08. The summed E-state index contributed by atoms with van der Waals surface area (Å²) in [7, 11) is 0. The van der Waals surface area contributed by atoms with Gasteiger partial charge in [-0.3, -0.25) is 4.79 Å². The number of imidazole rings is 1. The monoisotopic (exact) mass is 462 g/mol. The van der Waals surface area contributed by atoms with Gasteiger partial charge >= 0.3 is 0 Å². The zero-order valence-corrected chi connectivity index (χ0v) is 20.1. The van der Waals surface area contributed by atoms with Crippen molar-refractivity contribution in [3.63, 3.8) is 0 Å². The molecule has 1 aliphatic heterocycles. The van der Waals surface area contributed by atoms with Crippen LogP contribution in [0, 0.1) is 12.3 Å². The number of allylic oxidation sites excluding steroid dienone is 1. The van der Waals surface area contributed by atoms with Gasteiger partial charge in [0.1, 0.15) is 35.2 Å². The van der Waals surface area contributed by atoms with E-state index in [-0.39, 0.29) is 6.04 Å². The van der Waals surface area contributed by atoms with Gasteiger partial charge < -0.3 is 25.8 Å². The summed E-state index contributed by atoms with van der Waals surface area (Å²) in [5.74, 6) is 2.43. The first-order valence-electron chi connectivity index (χ1n) is 11.2. The van der Waals surface area contributed by atoms with E-state index in [9.17, 15) is 4.79 Å². The number of carbonyl (C=O) groups excluding carboxylic acids is 1. The minimum atomic E-state index is -0.938. The molecule has 0 bridgehead atoms. The van der Waals surface area contributed by atoms with Crippen molar-refractivity contribution in [3.8, 4) is 28.7 Å². The molecule has 0 radical (unpaired) electrons. The first-order chi connectivity index (χ1) is 16.1. The molecule has 0 saturated heterocycles. The highest BCUT2D eigenvalue weighted by Crippen LogP contribution is 2.35. The number of fused-ring (bicyclic) bond motifs is 3. The van der Waals surface area contributed by atoms with Gasteiger partial charge in [-0.1, -0.05) is 6.07 Å². The maximum atomic E-state index is 11.6. The number of nitrogens with one attached hydrogen (secondary N) is 2. The summed E-state index contributed by atoms with van der Waals surface area (Å²) >= 11 is 0. The summed E-state index contributed by atoms with van der Waals surface area (Å²) in [6, 6.07) is 5.89. The zero-order chi connectivity index (χ0) is 24.6. The summed E-state index contributed by atoms with van der Waals surface area (Å²) in [4.78, 5) is 21.1. The lowest BCUT2D eigenvalue weighted by Crippen LogP contribution is -2.48. The van der Waals surface area contributed by atoms with Gasteiger partial charge in [0.2, 0.25) is 5.91 Å². The van der Waals surface area contributed by atoms with Crippen molar-refractivity contribution in [2.24, 2.45) is 5.73 Å². The normalized spacial score (nSPS) is 13.6. The fraction of sp³-hybridized carbons (Fsp3) is 0.375. The molecule has 2 aromatic heterocycles. The molecule has 1 aliphatic rings. The minimum Gasteiger partial charge on any atom is -0.491 e. The predicted octanol–water partition coefficient (Wildman–Crippen LogP) is 2.93. The number of aryl methyl sites for hydroxylation is 1. The Kier molecular flexibility index (Phi) is 5.99. The van der Waals surface area contributed by atoms with Gasteiger partial charge in [-0.05, 0) is 52.3 Å². The van der Waals surface area contributed by atoms with Crippen molar-refractivity contribution in [3.05, 3.63) is 42.0 Å². The van der Waals surface area contributed by atoms with E-state index in [1.54, 1.807) is 20.0 Å². The number of hydrogen-bond acceptors (Lipinski definition) is 7. The molecule has 178 valence electrons. The van der Waals surface area contributed by atoms with Crippen LogP contribution in [0.5, 0.6) is 5.75 Å². The largest absolute Gasteiger partial charge is 0.491 e. The highest BCUT2D eigenvalue weighted by Gasteiger charge is 2.24. The van der Waals surface area contributed by atoms with E-state index in [0.29, 0.717) is 30.3 Å². The van der Waals surface area contributed by atoms with Crippen LogP contribution in [0.4, 0.5) is 0 Å². The van der Waals surface area contributed by atoms with Crippen LogP contribution in [-0.4, -0.2) is 48.6 Å². The standard InChI is InChI=1S/C24H30N8O2/c1-14(2)32-22(28-15(3)30-32)19-13-31-8-9-34-20-10-16(6-7-18(20)21(31)29-19)17(11-25)12-27-24(4,5)23(26)33/h6-7,10-14,25,27H,8-9H2,1-5H3,(H2,26,33)/b17-12+,25-11?. The number of rotatable bonds is 7. The maximum Gasteiger partial charge on any atom is 0.242 e. The van der Waals surface area contributed by atoms with Crippen LogP contribution in [-0.2, 0) is 11.3 Å². The molecule has 4 rings (SSSR count). The van der Waals surface area contributed by atoms with Crippen molar-refractivity contribution >= 4 is 17.7 Å². The van der Waals surface area contributed by atoms with Gasteiger partial charge in [-0.25, -0.2) is 14.6 Å². The third-order valence-corrected chi connectivity index (χ3v) is 5.74. The van der Waals surface area contributed by atoms with E-state index in [4.69, 9.17) is 20.9 Å². The van der Waals surface area contributed by atoms with E-state index >= 15 is 0 Å². The Morgan fingerprint density at radius 3 is 2.74 bits per heavy atom. The van der Waals surface area contributed by atoms with Crippen molar-refractivity contribution in [1.82, 2.24) is 29.6 Å². The minimum absolute atomic E-state index is 0.162. The van der Waals surface area contributed by atoms with Crippen molar-refractivity contribution in [2.45, 2.75) is 52.7 Å². The lowest BCUT2D eigenvalue weighted by Gasteiger charge is -2.21. The molecule has 10 nitrogen and oxygen atoms in total. The molecule has 1 aromatic carbocycles. The summed E-state index contributed by atoms with van der Waals surface area (Å²) in [5.41, 5.74) is 7.48. The van der Waals surface area contributed by atoms with Gasteiger partial charge in [0, 0.05) is 30.2 Å². The molecular formula is C24H30N8O2. The predicted molar refractivity (Wildman–Crippen MR) is 130 cm³/mol. The average Bonchev–Trinajstić information content (AvgIpc) is 3.33. The number of amides is 1. The van der Waals surface area contributed by atoms with E-state index in [1.807, 2.05) is 36.0 Å². The van der Waals surface area contributed by atoms with Crippen LogP contribution in [0.25, 0.3) is 28.5 Å². The maximum absolute atomic E-state index is 11.6. The van der Waals surface area contributed by atoms with Gasteiger partial charge in [0.15, 0.2) is 5.82 Å². The van der Waals surface area contributed by atoms with Crippen LogP contribution in [0.15, 0.2) is 30.6 Å². The first kappa shape index (κ1) is 23.2. The zero-order valence-electron chi connectivity index (χ0n) is 20.1. The van der Waals surface area contributed by atoms with Gasteiger partial charge in [0.05, 0.1) is 12.1 Å². The van der Waals surface area contributed by atoms with Crippen LogP contribution in [0.3, 0.4) is 0 Å². The number of primary amides is 1. The molecule has 0 saturated carbocycles. The number of hydrogen-bond donors (Lipinski definition) is 3. The van der Waals surface area contributed by atoms with Crippen LogP contribution >= 0.6 is 0 Å². The molecule has 0 fully saturated rings. The van der Waals surface area contributed by atoms with E-state index in [2.05, 4.69) is 33.8 Å². The lowest BCUT2D eigenvalue weighted by atomic mass is 10.0. The van der Waals surface area contributed by atoms with Gasteiger partial charge in [0.25, 0.3) is 0 Å². The molecular weight excluding hydrogens is 432 g/mol. The van der Waals surface area contributed by atoms with E-state index in [0.717, 1.165) is 28.5 Å².